The lowest BCUT2D eigenvalue weighted by atomic mass is 10.1. The van der Waals surface area contributed by atoms with Gasteiger partial charge in [-0.3, -0.25) is 24.2 Å². The van der Waals surface area contributed by atoms with Crippen molar-refractivity contribution in [2.24, 2.45) is 5.92 Å². The van der Waals surface area contributed by atoms with E-state index in [1.807, 2.05) is 6.07 Å². The summed E-state index contributed by atoms with van der Waals surface area (Å²) in [6.07, 6.45) is 1.45. The molecule has 1 heterocycles. The van der Waals surface area contributed by atoms with Crippen LogP contribution in [0.2, 0.25) is 5.02 Å². The van der Waals surface area contributed by atoms with Gasteiger partial charge in [-0.2, -0.15) is 0 Å². The number of hydrogen-bond acceptors (Lipinski definition) is 5. The van der Waals surface area contributed by atoms with Crippen LogP contribution in [0, 0.1) is 5.92 Å². The van der Waals surface area contributed by atoms with Crippen LogP contribution in [0.25, 0.3) is 0 Å². The summed E-state index contributed by atoms with van der Waals surface area (Å²) < 4.78 is 5.54. The maximum absolute atomic E-state index is 13.0. The number of carbonyl (C=O) groups excluding carboxylic acids is 4. The Hall–Kier alpha value is -2.41. The van der Waals surface area contributed by atoms with Crippen LogP contribution >= 0.6 is 11.6 Å². The molecule has 0 radical (unpaired) electrons. The first kappa shape index (κ1) is 21.3. The highest BCUT2D eigenvalue weighted by Crippen LogP contribution is 2.30. The van der Waals surface area contributed by atoms with E-state index in [4.69, 9.17) is 16.3 Å². The molecule has 3 rings (SSSR count). The smallest absolute Gasteiger partial charge is 0.333 e. The number of barbiturate groups is 1. The van der Waals surface area contributed by atoms with Crippen LogP contribution in [0.3, 0.4) is 0 Å². The molecular formula is C21H25ClN2O5. The van der Waals surface area contributed by atoms with Crippen LogP contribution in [0.4, 0.5) is 4.79 Å². The quantitative estimate of drug-likeness (QED) is 0.521. The molecule has 1 saturated heterocycles. The van der Waals surface area contributed by atoms with Crippen molar-refractivity contribution < 1.29 is 23.9 Å². The van der Waals surface area contributed by atoms with Gasteiger partial charge in [-0.1, -0.05) is 37.6 Å². The first-order valence-corrected chi connectivity index (χ1v) is 10.3. The Morgan fingerprint density at radius 3 is 2.66 bits per heavy atom. The Morgan fingerprint density at radius 1 is 1.21 bits per heavy atom. The highest BCUT2D eigenvalue weighted by Gasteiger charge is 2.46. The van der Waals surface area contributed by atoms with E-state index >= 15 is 0 Å². The van der Waals surface area contributed by atoms with Gasteiger partial charge >= 0.3 is 12.0 Å². The third-order valence-electron chi connectivity index (χ3n) is 5.31. The first-order valence-electron chi connectivity index (χ1n) is 9.89. The van der Waals surface area contributed by atoms with Crippen molar-refractivity contribution in [1.82, 2.24) is 9.80 Å². The zero-order valence-electron chi connectivity index (χ0n) is 16.6. The van der Waals surface area contributed by atoms with Crippen molar-refractivity contribution in [2.75, 3.05) is 6.54 Å². The van der Waals surface area contributed by atoms with Crippen LogP contribution in [-0.2, 0) is 25.5 Å². The molecule has 4 amide bonds. The summed E-state index contributed by atoms with van der Waals surface area (Å²) in [5, 5.41) is 0.580. The number of esters is 1. The van der Waals surface area contributed by atoms with Crippen molar-refractivity contribution in [3.05, 3.63) is 34.9 Å². The van der Waals surface area contributed by atoms with Crippen LogP contribution < -0.4 is 0 Å². The van der Waals surface area contributed by atoms with E-state index in [9.17, 15) is 19.2 Å². The second kappa shape index (κ2) is 8.95. The van der Waals surface area contributed by atoms with E-state index in [0.717, 1.165) is 21.8 Å². The van der Waals surface area contributed by atoms with Crippen LogP contribution in [0.1, 0.15) is 45.1 Å². The van der Waals surface area contributed by atoms with E-state index in [1.54, 1.807) is 32.0 Å². The maximum Gasteiger partial charge on any atom is 0.333 e. The summed E-state index contributed by atoms with van der Waals surface area (Å²) in [6.45, 7) is 3.63. The normalized spacial score (nSPS) is 22.6. The summed E-state index contributed by atoms with van der Waals surface area (Å²) in [7, 11) is 0. The minimum absolute atomic E-state index is 0.158. The molecule has 0 spiro atoms. The lowest BCUT2D eigenvalue weighted by Crippen LogP contribution is -2.60. The van der Waals surface area contributed by atoms with Gasteiger partial charge in [0.25, 0.3) is 0 Å². The van der Waals surface area contributed by atoms with E-state index in [-0.39, 0.29) is 24.9 Å². The number of benzene rings is 1. The second-order valence-electron chi connectivity index (χ2n) is 7.78. The summed E-state index contributed by atoms with van der Waals surface area (Å²) in [5.41, 5.74) is 0.895. The number of nitrogens with zero attached hydrogens (tertiary/aromatic N) is 2. The van der Waals surface area contributed by atoms with Crippen LogP contribution in [0.5, 0.6) is 0 Å². The third-order valence-corrected chi connectivity index (χ3v) is 5.55. The van der Waals surface area contributed by atoms with Crippen LogP contribution in [-0.4, -0.2) is 52.3 Å². The Kier molecular flexibility index (Phi) is 6.57. The molecule has 7 nitrogen and oxygen atoms in total. The molecule has 1 aromatic rings. The third kappa shape index (κ3) is 4.78. The van der Waals surface area contributed by atoms with Gasteiger partial charge in [0, 0.05) is 11.6 Å². The van der Waals surface area contributed by atoms with E-state index in [0.29, 0.717) is 24.3 Å². The van der Waals surface area contributed by atoms with Gasteiger partial charge in [0.2, 0.25) is 11.8 Å². The van der Waals surface area contributed by atoms with Gasteiger partial charge in [-0.05, 0) is 43.4 Å². The SMILES string of the molecule is CC(C)C(=O)O[C@H]1CCC[C@@H]1N1C(=O)CC(=O)N(CCc2cccc(Cl)c2)C1=O. The number of hydrogen-bond donors (Lipinski definition) is 0. The molecule has 2 fully saturated rings. The zero-order valence-corrected chi connectivity index (χ0v) is 17.4. The molecule has 1 saturated carbocycles. The Balaban J connectivity index is 1.73. The monoisotopic (exact) mass is 420 g/mol. The Bertz CT molecular complexity index is 825. The Morgan fingerprint density at radius 2 is 1.97 bits per heavy atom. The van der Waals surface area contributed by atoms with Crippen molar-refractivity contribution >= 4 is 35.4 Å². The molecule has 156 valence electrons. The summed E-state index contributed by atoms with van der Waals surface area (Å²) in [5.74, 6) is -1.68. The average molecular weight is 421 g/mol. The number of urea groups is 1. The number of ether oxygens (including phenoxy) is 1. The number of imide groups is 2. The van der Waals surface area contributed by atoms with Crippen LogP contribution in [0.15, 0.2) is 24.3 Å². The largest absolute Gasteiger partial charge is 0.460 e. The topological polar surface area (TPSA) is 84.0 Å². The molecule has 2 atom stereocenters. The molecular weight excluding hydrogens is 396 g/mol. The van der Waals surface area contributed by atoms with E-state index in [2.05, 4.69) is 0 Å². The first-order chi connectivity index (χ1) is 13.8. The maximum atomic E-state index is 13.0. The standard InChI is InChI=1S/C21H25ClN2O5/c1-13(2)20(27)29-17-8-4-7-16(17)24-19(26)12-18(25)23(21(24)28)10-9-14-5-3-6-15(22)11-14/h3,5-6,11,13,16-17H,4,7-10,12H2,1-2H3/t16-,17-/m0/s1. The summed E-state index contributed by atoms with van der Waals surface area (Å²) >= 11 is 5.99. The molecule has 0 aromatic heterocycles. The molecule has 1 aliphatic carbocycles. The Labute approximate surface area is 174 Å². The lowest BCUT2D eigenvalue weighted by molar-refractivity contribution is -0.158. The predicted molar refractivity (Wildman–Crippen MR) is 106 cm³/mol. The molecule has 1 aromatic carbocycles. The predicted octanol–water partition coefficient (Wildman–Crippen LogP) is 3.18. The molecule has 8 heteroatoms. The van der Waals surface area contributed by atoms with Gasteiger partial charge in [0.1, 0.15) is 12.5 Å². The molecule has 2 aliphatic rings. The van der Waals surface area contributed by atoms with Gasteiger partial charge < -0.3 is 4.74 Å². The highest BCUT2D eigenvalue weighted by molar-refractivity contribution is 6.30. The van der Waals surface area contributed by atoms with Gasteiger partial charge in [-0.15, -0.1) is 0 Å². The highest BCUT2D eigenvalue weighted by atomic mass is 35.5. The van der Waals surface area contributed by atoms with Crippen molar-refractivity contribution in [3.63, 3.8) is 0 Å². The van der Waals surface area contributed by atoms with Crippen molar-refractivity contribution in [1.29, 1.82) is 0 Å². The minimum Gasteiger partial charge on any atom is -0.460 e. The van der Waals surface area contributed by atoms with Gasteiger partial charge in [0.05, 0.1) is 12.0 Å². The summed E-state index contributed by atoms with van der Waals surface area (Å²) in [4.78, 5) is 52.2. The second-order valence-corrected chi connectivity index (χ2v) is 8.21. The molecule has 29 heavy (non-hydrogen) atoms. The fourth-order valence-electron chi connectivity index (χ4n) is 3.76. The van der Waals surface area contributed by atoms with Crippen molar-refractivity contribution in [3.8, 4) is 0 Å². The van der Waals surface area contributed by atoms with Gasteiger partial charge in [-0.25, -0.2) is 4.79 Å². The minimum atomic E-state index is -0.634. The van der Waals surface area contributed by atoms with E-state index < -0.39 is 30.0 Å². The molecule has 0 N–H and O–H groups in total. The number of carbonyl (C=O) groups is 4. The fraction of sp³-hybridized carbons (Fsp3) is 0.524. The zero-order chi connectivity index (χ0) is 21.1. The van der Waals surface area contributed by atoms with E-state index in [1.165, 1.54) is 0 Å². The fourth-order valence-corrected chi connectivity index (χ4v) is 3.97. The molecule has 0 bridgehead atoms. The molecule has 0 unspecified atom stereocenters. The average Bonchev–Trinajstić information content (AvgIpc) is 3.09. The molecule has 1 aliphatic heterocycles. The number of halogens is 1. The number of rotatable bonds is 6. The van der Waals surface area contributed by atoms with Crippen molar-refractivity contribution in [2.45, 2.75) is 58.1 Å². The van der Waals surface area contributed by atoms with Gasteiger partial charge in [0.15, 0.2) is 0 Å². The lowest BCUT2D eigenvalue weighted by Gasteiger charge is -2.38. The summed E-state index contributed by atoms with van der Waals surface area (Å²) in [6, 6.07) is 6.04. The number of amides is 4.